The first-order valence-corrected chi connectivity index (χ1v) is 8.10. The zero-order valence-corrected chi connectivity index (χ0v) is 14.1. The Morgan fingerprint density at radius 3 is 2.83 bits per heavy atom. The highest BCUT2D eigenvalue weighted by atomic mass is 19.3. The normalized spacial score (nSPS) is 21.0. The molecule has 7 heteroatoms. The molecule has 5 nitrogen and oxygen atoms in total. The summed E-state index contributed by atoms with van der Waals surface area (Å²) < 4.78 is 37.7. The molecule has 0 aliphatic heterocycles. The van der Waals surface area contributed by atoms with E-state index >= 15 is 0 Å². The van der Waals surface area contributed by atoms with Gasteiger partial charge in [-0.2, -0.15) is 0 Å². The number of nitrogens with zero attached hydrogens (tertiary/aromatic N) is 1. The first kappa shape index (κ1) is 18.3. The van der Waals surface area contributed by atoms with E-state index < -0.39 is 5.92 Å². The van der Waals surface area contributed by atoms with Crippen LogP contribution >= 0.6 is 0 Å². The Balaban J connectivity index is 2.01. The third-order valence-electron chi connectivity index (χ3n) is 4.18. The summed E-state index contributed by atoms with van der Waals surface area (Å²) in [7, 11) is 3.11. The van der Waals surface area contributed by atoms with Crippen molar-refractivity contribution in [1.29, 1.82) is 0 Å². The van der Waals surface area contributed by atoms with E-state index in [0.29, 0.717) is 30.2 Å². The zero-order chi connectivity index (χ0) is 17.6. The van der Waals surface area contributed by atoms with E-state index in [-0.39, 0.29) is 24.7 Å². The minimum Gasteiger partial charge on any atom is -0.497 e. The van der Waals surface area contributed by atoms with Crippen molar-refractivity contribution >= 4 is 11.6 Å². The fourth-order valence-corrected chi connectivity index (χ4v) is 2.92. The van der Waals surface area contributed by atoms with Crippen LogP contribution in [0.5, 0.6) is 11.5 Å². The number of guanidine groups is 1. The van der Waals surface area contributed by atoms with E-state index in [9.17, 15) is 8.78 Å². The van der Waals surface area contributed by atoms with Crippen LogP contribution in [0.2, 0.25) is 0 Å². The molecule has 1 aliphatic rings. The molecule has 134 valence electrons. The molecule has 0 radical (unpaired) electrons. The first-order chi connectivity index (χ1) is 11.4. The summed E-state index contributed by atoms with van der Waals surface area (Å²) in [5.74, 6) is -1.32. The van der Waals surface area contributed by atoms with Gasteiger partial charge in [0.05, 0.1) is 19.9 Å². The average molecular weight is 341 g/mol. The molecule has 1 aliphatic carbocycles. The maximum absolute atomic E-state index is 13.6. The van der Waals surface area contributed by atoms with Crippen molar-refractivity contribution in [2.24, 2.45) is 16.6 Å². The SMILES string of the molecule is COc1ccc(OC)c(NC(N)=NCC2CCCCC(F)(F)C2)c1. The van der Waals surface area contributed by atoms with E-state index in [0.717, 1.165) is 12.8 Å². The summed E-state index contributed by atoms with van der Waals surface area (Å²) in [6.45, 7) is 0.292. The molecule has 0 amide bonds. The maximum atomic E-state index is 13.6. The van der Waals surface area contributed by atoms with Crippen LogP contribution in [0.3, 0.4) is 0 Å². The van der Waals surface area contributed by atoms with Crippen molar-refractivity contribution in [2.75, 3.05) is 26.1 Å². The first-order valence-electron chi connectivity index (χ1n) is 8.10. The van der Waals surface area contributed by atoms with Crippen LogP contribution in [0.15, 0.2) is 23.2 Å². The van der Waals surface area contributed by atoms with E-state index in [1.165, 1.54) is 0 Å². The Bertz CT molecular complexity index is 579. The number of anilines is 1. The van der Waals surface area contributed by atoms with Crippen LogP contribution in [0.1, 0.15) is 32.1 Å². The fourth-order valence-electron chi connectivity index (χ4n) is 2.92. The number of hydrogen-bond donors (Lipinski definition) is 2. The molecule has 0 heterocycles. The van der Waals surface area contributed by atoms with Crippen LogP contribution in [-0.2, 0) is 0 Å². The largest absolute Gasteiger partial charge is 0.497 e. The van der Waals surface area contributed by atoms with Gasteiger partial charge in [0, 0.05) is 25.5 Å². The molecule has 0 saturated heterocycles. The average Bonchev–Trinajstić information content (AvgIpc) is 2.73. The molecule has 0 aromatic heterocycles. The Morgan fingerprint density at radius 2 is 2.12 bits per heavy atom. The second kappa shape index (κ2) is 8.17. The Hall–Kier alpha value is -2.05. The number of alkyl halides is 2. The number of aliphatic imine (C=N–C) groups is 1. The van der Waals surface area contributed by atoms with Gasteiger partial charge in [-0.25, -0.2) is 8.78 Å². The molecule has 1 fully saturated rings. The summed E-state index contributed by atoms with van der Waals surface area (Å²) in [5.41, 5.74) is 6.51. The van der Waals surface area contributed by atoms with Gasteiger partial charge in [0.25, 0.3) is 0 Å². The molecular formula is C17H25F2N3O2. The maximum Gasteiger partial charge on any atom is 0.248 e. The van der Waals surface area contributed by atoms with Crippen molar-refractivity contribution in [3.8, 4) is 11.5 Å². The van der Waals surface area contributed by atoms with E-state index in [4.69, 9.17) is 15.2 Å². The lowest BCUT2D eigenvalue weighted by molar-refractivity contribution is -0.0241. The highest BCUT2D eigenvalue weighted by Gasteiger charge is 2.34. The molecule has 1 aromatic rings. The molecule has 3 N–H and O–H groups in total. The smallest absolute Gasteiger partial charge is 0.248 e. The standard InChI is InChI=1S/C17H25F2N3O2/c1-23-13-6-7-15(24-2)14(9-13)22-16(20)21-11-12-5-3-4-8-17(18,19)10-12/h6-7,9,12H,3-5,8,10-11H2,1-2H3,(H3,20,21,22). The summed E-state index contributed by atoms with van der Waals surface area (Å²) in [4.78, 5) is 4.23. The second-order valence-corrected chi connectivity index (χ2v) is 6.09. The van der Waals surface area contributed by atoms with Gasteiger partial charge in [-0.1, -0.05) is 6.42 Å². The molecule has 1 saturated carbocycles. The number of halogens is 2. The highest BCUT2D eigenvalue weighted by molar-refractivity contribution is 5.94. The second-order valence-electron chi connectivity index (χ2n) is 6.09. The van der Waals surface area contributed by atoms with Crippen molar-refractivity contribution in [2.45, 2.75) is 38.0 Å². The molecular weight excluding hydrogens is 316 g/mol. The monoisotopic (exact) mass is 341 g/mol. The lowest BCUT2D eigenvalue weighted by Crippen LogP contribution is -2.25. The lowest BCUT2D eigenvalue weighted by Gasteiger charge is -2.18. The molecule has 1 unspecified atom stereocenters. The minimum atomic E-state index is -2.59. The molecule has 24 heavy (non-hydrogen) atoms. The predicted octanol–water partition coefficient (Wildman–Crippen LogP) is 3.65. The number of benzene rings is 1. The number of ether oxygens (including phenoxy) is 2. The Labute approximate surface area is 141 Å². The summed E-state index contributed by atoms with van der Waals surface area (Å²) in [6, 6.07) is 5.26. The Morgan fingerprint density at radius 1 is 1.33 bits per heavy atom. The van der Waals surface area contributed by atoms with Gasteiger partial charge in [-0.3, -0.25) is 4.99 Å². The van der Waals surface area contributed by atoms with Gasteiger partial charge in [0.1, 0.15) is 11.5 Å². The molecule has 2 rings (SSSR count). The van der Waals surface area contributed by atoms with Crippen LogP contribution in [0, 0.1) is 5.92 Å². The highest BCUT2D eigenvalue weighted by Crippen LogP contribution is 2.35. The van der Waals surface area contributed by atoms with Crippen LogP contribution in [0.25, 0.3) is 0 Å². The topological polar surface area (TPSA) is 68.9 Å². The van der Waals surface area contributed by atoms with Crippen LogP contribution in [0.4, 0.5) is 14.5 Å². The van der Waals surface area contributed by atoms with Crippen molar-refractivity contribution in [3.05, 3.63) is 18.2 Å². The molecule has 0 spiro atoms. The van der Waals surface area contributed by atoms with Gasteiger partial charge < -0.3 is 20.5 Å². The number of rotatable bonds is 5. The van der Waals surface area contributed by atoms with Crippen molar-refractivity contribution in [1.82, 2.24) is 0 Å². The van der Waals surface area contributed by atoms with E-state index in [2.05, 4.69) is 10.3 Å². The summed E-state index contributed by atoms with van der Waals surface area (Å²) >= 11 is 0. The van der Waals surface area contributed by atoms with Gasteiger partial charge in [0.2, 0.25) is 5.92 Å². The van der Waals surface area contributed by atoms with Crippen LogP contribution < -0.4 is 20.5 Å². The summed E-state index contributed by atoms with van der Waals surface area (Å²) in [6.07, 6.45) is 2.00. The van der Waals surface area contributed by atoms with Crippen molar-refractivity contribution in [3.63, 3.8) is 0 Å². The van der Waals surface area contributed by atoms with Gasteiger partial charge in [0.15, 0.2) is 5.96 Å². The molecule has 1 aromatic carbocycles. The number of methoxy groups -OCH3 is 2. The van der Waals surface area contributed by atoms with E-state index in [1.54, 1.807) is 32.4 Å². The Kier molecular flexibility index (Phi) is 6.23. The quantitative estimate of drug-likeness (QED) is 0.487. The number of nitrogens with two attached hydrogens (primary N) is 1. The third-order valence-corrected chi connectivity index (χ3v) is 4.18. The minimum absolute atomic E-state index is 0.0258. The van der Waals surface area contributed by atoms with E-state index in [1.807, 2.05) is 0 Å². The lowest BCUT2D eigenvalue weighted by atomic mass is 9.99. The van der Waals surface area contributed by atoms with Gasteiger partial charge in [-0.15, -0.1) is 0 Å². The third kappa shape index (κ3) is 5.25. The number of nitrogens with one attached hydrogen (secondary N) is 1. The predicted molar refractivity (Wildman–Crippen MR) is 91.2 cm³/mol. The molecule has 1 atom stereocenters. The number of hydrogen-bond acceptors (Lipinski definition) is 3. The van der Waals surface area contributed by atoms with Gasteiger partial charge >= 0.3 is 0 Å². The fraction of sp³-hybridized carbons (Fsp3) is 0.588. The van der Waals surface area contributed by atoms with Crippen molar-refractivity contribution < 1.29 is 18.3 Å². The molecule has 0 bridgehead atoms. The zero-order valence-electron chi connectivity index (χ0n) is 14.1. The summed E-state index contributed by atoms with van der Waals surface area (Å²) in [5, 5.41) is 2.95. The van der Waals surface area contributed by atoms with Gasteiger partial charge in [-0.05, 0) is 30.9 Å². The van der Waals surface area contributed by atoms with Crippen LogP contribution in [-0.4, -0.2) is 32.6 Å².